The van der Waals surface area contributed by atoms with Crippen molar-refractivity contribution in [2.45, 2.75) is 12.5 Å². The molecular weight excluding hydrogens is 242 g/mol. The van der Waals surface area contributed by atoms with Crippen LogP contribution in [0.2, 0.25) is 0 Å². The number of esters is 1. The Labute approximate surface area is 113 Å². The van der Waals surface area contributed by atoms with Crippen molar-refractivity contribution in [2.75, 3.05) is 32.8 Å². The maximum absolute atomic E-state index is 12.0. The van der Waals surface area contributed by atoms with E-state index in [2.05, 4.69) is 4.90 Å². The van der Waals surface area contributed by atoms with Crippen LogP contribution < -0.4 is 0 Å². The molecule has 0 amide bonds. The molecule has 0 aromatic heterocycles. The number of hydrogen-bond acceptors (Lipinski definition) is 4. The minimum Gasteiger partial charge on any atom is -0.457 e. The van der Waals surface area contributed by atoms with Crippen LogP contribution >= 0.6 is 0 Å². The number of morpholine rings is 1. The van der Waals surface area contributed by atoms with Crippen molar-refractivity contribution < 1.29 is 14.3 Å². The molecule has 0 N–H and O–H groups in total. The van der Waals surface area contributed by atoms with Gasteiger partial charge in [0.25, 0.3) is 0 Å². The molecule has 3 rings (SSSR count). The predicted molar refractivity (Wildman–Crippen MR) is 70.6 cm³/mol. The molecule has 2 atom stereocenters. The van der Waals surface area contributed by atoms with E-state index in [1.807, 2.05) is 30.3 Å². The van der Waals surface area contributed by atoms with Gasteiger partial charge in [0.2, 0.25) is 0 Å². The fourth-order valence-corrected chi connectivity index (χ4v) is 2.76. The van der Waals surface area contributed by atoms with Gasteiger partial charge in [-0.25, -0.2) is 0 Å². The highest BCUT2D eigenvalue weighted by Gasteiger charge is 2.36. The number of carbonyl (C=O) groups is 1. The summed E-state index contributed by atoms with van der Waals surface area (Å²) in [5.74, 6) is -0.0522. The Balaban J connectivity index is 1.60. The van der Waals surface area contributed by atoms with Crippen LogP contribution in [0.1, 0.15) is 18.1 Å². The molecule has 0 radical (unpaired) electrons. The first-order chi connectivity index (χ1) is 9.33. The lowest BCUT2D eigenvalue weighted by molar-refractivity contribution is -0.145. The van der Waals surface area contributed by atoms with Gasteiger partial charge in [-0.2, -0.15) is 0 Å². The molecule has 2 aliphatic heterocycles. The average molecular weight is 261 g/mol. The number of benzene rings is 1. The van der Waals surface area contributed by atoms with Crippen molar-refractivity contribution in [1.29, 1.82) is 0 Å². The Kier molecular flexibility index (Phi) is 3.80. The number of ether oxygens (including phenoxy) is 2. The molecule has 4 heteroatoms. The van der Waals surface area contributed by atoms with Crippen LogP contribution in [0.3, 0.4) is 0 Å². The van der Waals surface area contributed by atoms with Crippen molar-refractivity contribution in [3.63, 3.8) is 0 Å². The van der Waals surface area contributed by atoms with E-state index in [-0.39, 0.29) is 18.0 Å². The van der Waals surface area contributed by atoms with Gasteiger partial charge in [-0.1, -0.05) is 30.3 Å². The molecular formula is C15H19NO3. The zero-order valence-electron chi connectivity index (χ0n) is 11.0. The number of nitrogens with zero attached hydrogens (tertiary/aromatic N) is 1. The summed E-state index contributed by atoms with van der Waals surface area (Å²) in [6.45, 7) is 4.17. The Hall–Kier alpha value is -1.39. The van der Waals surface area contributed by atoms with Gasteiger partial charge in [-0.3, -0.25) is 9.69 Å². The van der Waals surface area contributed by atoms with Crippen LogP contribution in [0.25, 0.3) is 0 Å². The number of carbonyl (C=O) groups excluding carboxylic acids is 1. The topological polar surface area (TPSA) is 38.8 Å². The molecule has 1 aromatic rings. The quantitative estimate of drug-likeness (QED) is 0.775. The first-order valence-electron chi connectivity index (χ1n) is 6.88. The Morgan fingerprint density at radius 1 is 1.16 bits per heavy atom. The highest BCUT2D eigenvalue weighted by Crippen LogP contribution is 2.33. The fraction of sp³-hybridized carbons (Fsp3) is 0.533. The summed E-state index contributed by atoms with van der Waals surface area (Å²) in [6.07, 6.45) is 0.722. The van der Waals surface area contributed by atoms with Crippen LogP contribution in [0.4, 0.5) is 0 Å². The summed E-state index contributed by atoms with van der Waals surface area (Å²) >= 11 is 0. The van der Waals surface area contributed by atoms with E-state index in [0.717, 1.165) is 44.8 Å². The van der Waals surface area contributed by atoms with E-state index >= 15 is 0 Å². The van der Waals surface area contributed by atoms with Gasteiger partial charge in [0, 0.05) is 26.1 Å². The summed E-state index contributed by atoms with van der Waals surface area (Å²) in [4.78, 5) is 14.2. The molecule has 0 saturated carbocycles. The Bertz CT molecular complexity index is 428. The summed E-state index contributed by atoms with van der Waals surface area (Å²) in [5.41, 5.74) is 1.10. The molecule has 1 aromatic carbocycles. The van der Waals surface area contributed by atoms with Crippen LogP contribution in [-0.4, -0.2) is 43.7 Å². The second-order valence-corrected chi connectivity index (χ2v) is 5.18. The van der Waals surface area contributed by atoms with E-state index in [1.165, 1.54) is 0 Å². The van der Waals surface area contributed by atoms with Gasteiger partial charge >= 0.3 is 5.97 Å². The van der Waals surface area contributed by atoms with Gasteiger partial charge in [0.05, 0.1) is 19.1 Å². The van der Waals surface area contributed by atoms with Crippen molar-refractivity contribution in [3.8, 4) is 0 Å². The normalized spacial score (nSPS) is 28.3. The molecule has 0 spiro atoms. The molecule has 2 fully saturated rings. The van der Waals surface area contributed by atoms with Crippen LogP contribution in [0.15, 0.2) is 30.3 Å². The molecule has 19 heavy (non-hydrogen) atoms. The summed E-state index contributed by atoms with van der Waals surface area (Å²) in [6, 6.07) is 9.99. The molecule has 102 valence electrons. The molecule has 2 aliphatic rings. The minimum absolute atomic E-state index is 0.00306. The summed E-state index contributed by atoms with van der Waals surface area (Å²) in [7, 11) is 0. The third-order valence-electron chi connectivity index (χ3n) is 3.84. The van der Waals surface area contributed by atoms with E-state index in [0.29, 0.717) is 0 Å². The lowest BCUT2D eigenvalue weighted by Crippen LogP contribution is -2.40. The third-order valence-corrected chi connectivity index (χ3v) is 3.84. The van der Waals surface area contributed by atoms with E-state index in [1.54, 1.807) is 0 Å². The monoisotopic (exact) mass is 261 g/mol. The summed E-state index contributed by atoms with van der Waals surface area (Å²) < 4.78 is 10.8. The first-order valence-corrected chi connectivity index (χ1v) is 6.88. The average Bonchev–Trinajstić information content (AvgIpc) is 2.82. The maximum Gasteiger partial charge on any atom is 0.311 e. The summed E-state index contributed by atoms with van der Waals surface area (Å²) in [5, 5.41) is 0. The van der Waals surface area contributed by atoms with Crippen LogP contribution in [0.5, 0.6) is 0 Å². The molecule has 4 nitrogen and oxygen atoms in total. The SMILES string of the molecule is O=C1OC(c2ccccc2)CC1CN1CCOCC1. The van der Waals surface area contributed by atoms with E-state index < -0.39 is 0 Å². The zero-order chi connectivity index (χ0) is 13.1. The highest BCUT2D eigenvalue weighted by atomic mass is 16.6. The maximum atomic E-state index is 12.0. The Morgan fingerprint density at radius 2 is 1.89 bits per heavy atom. The molecule has 0 bridgehead atoms. The second kappa shape index (κ2) is 5.72. The lowest BCUT2D eigenvalue weighted by atomic mass is 9.99. The van der Waals surface area contributed by atoms with E-state index in [4.69, 9.17) is 9.47 Å². The Morgan fingerprint density at radius 3 is 2.63 bits per heavy atom. The molecule has 0 aliphatic carbocycles. The molecule has 2 saturated heterocycles. The fourth-order valence-electron chi connectivity index (χ4n) is 2.76. The van der Waals surface area contributed by atoms with Crippen molar-refractivity contribution in [2.24, 2.45) is 5.92 Å². The smallest absolute Gasteiger partial charge is 0.311 e. The number of cyclic esters (lactones) is 1. The van der Waals surface area contributed by atoms with Crippen molar-refractivity contribution >= 4 is 5.97 Å². The number of rotatable bonds is 3. The van der Waals surface area contributed by atoms with Gasteiger partial charge in [0.15, 0.2) is 0 Å². The van der Waals surface area contributed by atoms with E-state index in [9.17, 15) is 4.79 Å². The highest BCUT2D eigenvalue weighted by molar-refractivity contribution is 5.75. The largest absolute Gasteiger partial charge is 0.457 e. The standard InChI is InChI=1S/C15H19NO3/c17-15-13(11-16-6-8-18-9-7-16)10-14(19-15)12-4-2-1-3-5-12/h1-5,13-14H,6-11H2. The molecule has 2 unspecified atom stereocenters. The van der Waals surface area contributed by atoms with Gasteiger partial charge in [0.1, 0.15) is 6.10 Å². The van der Waals surface area contributed by atoms with Crippen LogP contribution in [0, 0.1) is 5.92 Å². The predicted octanol–water partition coefficient (Wildman–Crippen LogP) is 1.62. The third kappa shape index (κ3) is 2.96. The van der Waals surface area contributed by atoms with Crippen LogP contribution in [-0.2, 0) is 14.3 Å². The zero-order valence-corrected chi connectivity index (χ0v) is 11.0. The second-order valence-electron chi connectivity index (χ2n) is 5.18. The van der Waals surface area contributed by atoms with Gasteiger partial charge in [-0.05, 0) is 5.56 Å². The van der Waals surface area contributed by atoms with Gasteiger partial charge in [-0.15, -0.1) is 0 Å². The van der Waals surface area contributed by atoms with Crippen molar-refractivity contribution in [3.05, 3.63) is 35.9 Å². The lowest BCUT2D eigenvalue weighted by Gasteiger charge is -2.27. The van der Waals surface area contributed by atoms with Gasteiger partial charge < -0.3 is 9.47 Å². The van der Waals surface area contributed by atoms with Crippen molar-refractivity contribution in [1.82, 2.24) is 4.90 Å². The first kappa shape index (κ1) is 12.6. The minimum atomic E-state index is -0.0697. The number of hydrogen-bond donors (Lipinski definition) is 0. The molecule has 2 heterocycles.